The Balaban J connectivity index is 1.70. The number of imidazole rings is 1. The van der Waals surface area contributed by atoms with Crippen molar-refractivity contribution in [2.75, 3.05) is 19.5 Å². The number of nitrogens with one attached hydrogen (secondary N) is 1. The summed E-state index contributed by atoms with van der Waals surface area (Å²) in [5.41, 5.74) is 1.82. The van der Waals surface area contributed by atoms with Gasteiger partial charge in [-0.3, -0.25) is 4.79 Å². The van der Waals surface area contributed by atoms with Crippen LogP contribution in [0.1, 0.15) is 12.1 Å². The molecule has 116 valence electrons. The Bertz CT molecular complexity index is 681. The molecule has 0 radical (unpaired) electrons. The number of ether oxygens (including phenoxy) is 2. The van der Waals surface area contributed by atoms with Crippen LogP contribution < -0.4 is 14.8 Å². The predicted octanol–water partition coefficient (Wildman–Crippen LogP) is 2.10. The molecule has 0 spiro atoms. The number of carbonyl (C=O) groups excluding carboxylic acids is 1. The van der Waals surface area contributed by atoms with Crippen molar-refractivity contribution in [3.63, 3.8) is 0 Å². The second-order valence-corrected chi connectivity index (χ2v) is 5.33. The van der Waals surface area contributed by atoms with Gasteiger partial charge in [-0.1, -0.05) is 0 Å². The average Bonchev–Trinajstić information content (AvgIpc) is 3.02. The summed E-state index contributed by atoms with van der Waals surface area (Å²) in [5, 5.41) is 2.96. The van der Waals surface area contributed by atoms with Crippen LogP contribution in [0, 0.1) is 5.92 Å². The Kier molecular flexibility index (Phi) is 4.00. The largest absolute Gasteiger partial charge is 0.493 e. The summed E-state index contributed by atoms with van der Waals surface area (Å²) < 4.78 is 12.5. The molecule has 0 bridgehead atoms. The van der Waals surface area contributed by atoms with E-state index < -0.39 is 0 Å². The van der Waals surface area contributed by atoms with Gasteiger partial charge in [0.15, 0.2) is 11.5 Å². The molecule has 1 unspecified atom stereocenters. The minimum absolute atomic E-state index is 0.0275. The van der Waals surface area contributed by atoms with Gasteiger partial charge in [-0.05, 0) is 18.6 Å². The molecule has 1 atom stereocenters. The lowest BCUT2D eigenvalue weighted by molar-refractivity contribution is -0.120. The number of hydrogen-bond donors (Lipinski definition) is 1. The lowest BCUT2D eigenvalue weighted by Crippen LogP contribution is -2.29. The van der Waals surface area contributed by atoms with Crippen LogP contribution in [-0.2, 0) is 17.8 Å². The summed E-state index contributed by atoms with van der Waals surface area (Å²) in [5.74, 6) is 1.24. The third kappa shape index (κ3) is 2.77. The molecule has 2 heterocycles. The zero-order valence-electron chi connectivity index (χ0n) is 12.7. The van der Waals surface area contributed by atoms with Crippen molar-refractivity contribution in [2.45, 2.75) is 19.4 Å². The van der Waals surface area contributed by atoms with Gasteiger partial charge in [0, 0.05) is 42.5 Å². The van der Waals surface area contributed by atoms with Crippen LogP contribution in [0.15, 0.2) is 30.7 Å². The molecule has 6 nitrogen and oxygen atoms in total. The van der Waals surface area contributed by atoms with Gasteiger partial charge in [0.05, 0.1) is 20.5 Å². The topological polar surface area (TPSA) is 65.4 Å². The van der Waals surface area contributed by atoms with Crippen LogP contribution in [0.4, 0.5) is 5.69 Å². The number of carbonyl (C=O) groups is 1. The molecule has 1 aliphatic heterocycles. The van der Waals surface area contributed by atoms with Gasteiger partial charge in [-0.2, -0.15) is 0 Å². The summed E-state index contributed by atoms with van der Waals surface area (Å²) >= 11 is 0. The zero-order valence-corrected chi connectivity index (χ0v) is 12.7. The van der Waals surface area contributed by atoms with E-state index in [9.17, 15) is 4.79 Å². The highest BCUT2D eigenvalue weighted by molar-refractivity contribution is 5.93. The van der Waals surface area contributed by atoms with E-state index in [1.54, 1.807) is 26.4 Å². The molecule has 1 amide bonds. The van der Waals surface area contributed by atoms with Crippen LogP contribution in [0.2, 0.25) is 0 Å². The fraction of sp³-hybridized carbons (Fsp3) is 0.375. The van der Waals surface area contributed by atoms with Crippen molar-refractivity contribution in [2.24, 2.45) is 5.92 Å². The van der Waals surface area contributed by atoms with E-state index in [1.165, 1.54) is 0 Å². The van der Waals surface area contributed by atoms with Gasteiger partial charge in [-0.25, -0.2) is 4.98 Å². The Labute approximate surface area is 129 Å². The average molecular weight is 301 g/mol. The van der Waals surface area contributed by atoms with E-state index in [0.717, 1.165) is 25.1 Å². The minimum atomic E-state index is -0.0303. The molecule has 0 saturated carbocycles. The van der Waals surface area contributed by atoms with E-state index in [0.29, 0.717) is 17.2 Å². The van der Waals surface area contributed by atoms with Gasteiger partial charge in [0.2, 0.25) is 5.91 Å². The van der Waals surface area contributed by atoms with Crippen LogP contribution in [0.3, 0.4) is 0 Å². The smallest absolute Gasteiger partial charge is 0.227 e. The van der Waals surface area contributed by atoms with Crippen LogP contribution >= 0.6 is 0 Å². The van der Waals surface area contributed by atoms with Crippen LogP contribution in [0.25, 0.3) is 0 Å². The second-order valence-electron chi connectivity index (χ2n) is 5.33. The van der Waals surface area contributed by atoms with Crippen molar-refractivity contribution in [3.8, 4) is 11.5 Å². The quantitative estimate of drug-likeness (QED) is 0.939. The van der Waals surface area contributed by atoms with E-state index in [4.69, 9.17) is 9.47 Å². The second kappa shape index (κ2) is 6.09. The number of anilines is 1. The van der Waals surface area contributed by atoms with E-state index in [2.05, 4.69) is 14.9 Å². The Hall–Kier alpha value is -2.50. The van der Waals surface area contributed by atoms with Gasteiger partial charge in [0.25, 0.3) is 0 Å². The van der Waals surface area contributed by atoms with Crippen molar-refractivity contribution >= 4 is 11.6 Å². The molecule has 1 N–H and O–H groups in total. The third-order valence-electron chi connectivity index (χ3n) is 3.99. The molecule has 3 rings (SSSR count). The molecular weight excluding hydrogens is 282 g/mol. The van der Waals surface area contributed by atoms with Crippen LogP contribution in [0.5, 0.6) is 11.5 Å². The number of nitrogens with zero attached hydrogens (tertiary/aromatic N) is 2. The molecule has 22 heavy (non-hydrogen) atoms. The number of amides is 1. The third-order valence-corrected chi connectivity index (χ3v) is 3.99. The first kappa shape index (κ1) is 14.4. The molecule has 0 aliphatic carbocycles. The zero-order chi connectivity index (χ0) is 15.5. The van der Waals surface area contributed by atoms with Crippen molar-refractivity contribution in [1.29, 1.82) is 0 Å². The highest BCUT2D eigenvalue weighted by Crippen LogP contribution is 2.30. The maximum absolute atomic E-state index is 12.4. The fourth-order valence-corrected chi connectivity index (χ4v) is 2.75. The first-order valence-electron chi connectivity index (χ1n) is 7.23. The molecule has 0 saturated heterocycles. The summed E-state index contributed by atoms with van der Waals surface area (Å²) in [4.78, 5) is 16.6. The van der Waals surface area contributed by atoms with Crippen LogP contribution in [-0.4, -0.2) is 29.7 Å². The Morgan fingerprint density at radius 1 is 1.32 bits per heavy atom. The first-order valence-corrected chi connectivity index (χ1v) is 7.23. The molecule has 6 heteroatoms. The Morgan fingerprint density at radius 3 is 2.91 bits per heavy atom. The summed E-state index contributed by atoms with van der Waals surface area (Å²) in [6.07, 6.45) is 5.19. The molecule has 1 aromatic carbocycles. The predicted molar refractivity (Wildman–Crippen MR) is 82.2 cm³/mol. The SMILES string of the molecule is COc1ccc(NC(=O)C2CCn3cncc3C2)cc1OC. The van der Waals surface area contributed by atoms with Gasteiger partial charge >= 0.3 is 0 Å². The highest BCUT2D eigenvalue weighted by atomic mass is 16.5. The molecule has 1 aliphatic rings. The van der Waals surface area contributed by atoms with Gasteiger partial charge in [-0.15, -0.1) is 0 Å². The Morgan fingerprint density at radius 2 is 2.14 bits per heavy atom. The number of fused-ring (bicyclic) bond motifs is 1. The molecular formula is C16H19N3O3. The summed E-state index contributed by atoms with van der Waals surface area (Å²) in [7, 11) is 3.16. The highest BCUT2D eigenvalue weighted by Gasteiger charge is 2.25. The number of benzene rings is 1. The summed E-state index contributed by atoms with van der Waals surface area (Å²) in [6.45, 7) is 0.833. The van der Waals surface area contributed by atoms with Crippen molar-refractivity contribution < 1.29 is 14.3 Å². The fourth-order valence-electron chi connectivity index (χ4n) is 2.75. The monoisotopic (exact) mass is 301 g/mol. The lowest BCUT2D eigenvalue weighted by atomic mass is 9.95. The number of hydrogen-bond acceptors (Lipinski definition) is 4. The van der Waals surface area contributed by atoms with Gasteiger partial charge < -0.3 is 19.4 Å². The van der Waals surface area contributed by atoms with Gasteiger partial charge in [0.1, 0.15) is 0 Å². The first-order chi connectivity index (χ1) is 10.7. The lowest BCUT2D eigenvalue weighted by Gasteiger charge is -2.23. The van der Waals surface area contributed by atoms with E-state index >= 15 is 0 Å². The normalized spacial score (nSPS) is 16.7. The number of aryl methyl sites for hydroxylation is 1. The summed E-state index contributed by atoms with van der Waals surface area (Å²) in [6, 6.07) is 5.36. The minimum Gasteiger partial charge on any atom is -0.493 e. The maximum atomic E-state index is 12.4. The number of aromatic nitrogens is 2. The molecule has 2 aromatic rings. The van der Waals surface area contributed by atoms with Crippen molar-refractivity contribution in [3.05, 3.63) is 36.4 Å². The molecule has 1 aromatic heterocycles. The maximum Gasteiger partial charge on any atom is 0.227 e. The van der Waals surface area contributed by atoms with E-state index in [1.807, 2.05) is 18.6 Å². The number of rotatable bonds is 4. The standard InChI is InChI=1S/C16H19N3O3/c1-21-14-4-3-12(8-15(14)22-2)18-16(20)11-5-6-19-10-17-9-13(19)7-11/h3-4,8-11H,5-7H2,1-2H3,(H,18,20). The molecule has 0 fully saturated rings. The van der Waals surface area contributed by atoms with E-state index in [-0.39, 0.29) is 11.8 Å². The van der Waals surface area contributed by atoms with Crippen molar-refractivity contribution in [1.82, 2.24) is 9.55 Å². The number of methoxy groups -OCH3 is 2.